The van der Waals surface area contributed by atoms with Crippen molar-refractivity contribution in [1.29, 1.82) is 0 Å². The van der Waals surface area contributed by atoms with Crippen LogP contribution < -0.4 is 10.6 Å². The topological polar surface area (TPSA) is 61.4 Å². The van der Waals surface area contributed by atoms with Gasteiger partial charge in [-0.2, -0.15) is 0 Å². The number of hydrogen-bond donors (Lipinski definition) is 3. The van der Waals surface area contributed by atoms with Gasteiger partial charge in [0, 0.05) is 12.6 Å². The maximum absolute atomic E-state index is 11.9. The van der Waals surface area contributed by atoms with Crippen molar-refractivity contribution in [3.63, 3.8) is 0 Å². The summed E-state index contributed by atoms with van der Waals surface area (Å²) in [5.41, 5.74) is 1.07. The van der Waals surface area contributed by atoms with Crippen LogP contribution in [0.5, 0.6) is 5.75 Å². The number of phenolic OH excluding ortho intramolecular Hbond substituents is 1. The molecule has 1 amide bonds. The minimum Gasteiger partial charge on any atom is -0.507 e. The number of aryl methyl sites for hydroxylation is 1. The van der Waals surface area contributed by atoms with Crippen LogP contribution in [0, 0.1) is 6.92 Å². The van der Waals surface area contributed by atoms with E-state index < -0.39 is 0 Å². The first-order valence-corrected chi connectivity index (χ1v) is 5.48. The molecule has 1 atom stereocenters. The van der Waals surface area contributed by atoms with Crippen molar-refractivity contribution in [3.8, 4) is 5.75 Å². The van der Waals surface area contributed by atoms with Crippen molar-refractivity contribution < 1.29 is 9.90 Å². The Morgan fingerprint density at radius 2 is 2.38 bits per heavy atom. The number of aromatic hydroxyl groups is 1. The Morgan fingerprint density at radius 3 is 3.06 bits per heavy atom. The Balaban J connectivity index is 2.11. The molecular weight excluding hydrogens is 204 g/mol. The van der Waals surface area contributed by atoms with Crippen molar-refractivity contribution in [2.75, 3.05) is 13.1 Å². The lowest BCUT2D eigenvalue weighted by atomic mass is 10.1. The summed E-state index contributed by atoms with van der Waals surface area (Å²) >= 11 is 0. The molecule has 2 rings (SSSR count). The van der Waals surface area contributed by atoms with Crippen LogP contribution in [0.25, 0.3) is 0 Å². The molecule has 0 spiro atoms. The second-order valence-electron chi connectivity index (χ2n) is 4.13. The summed E-state index contributed by atoms with van der Waals surface area (Å²) < 4.78 is 0. The molecule has 0 radical (unpaired) electrons. The van der Waals surface area contributed by atoms with Crippen molar-refractivity contribution in [3.05, 3.63) is 29.3 Å². The third kappa shape index (κ3) is 2.17. The number of carbonyl (C=O) groups excluding carboxylic acids is 1. The molecule has 1 aromatic carbocycles. The largest absolute Gasteiger partial charge is 0.507 e. The third-order valence-electron chi connectivity index (χ3n) is 2.88. The van der Waals surface area contributed by atoms with Gasteiger partial charge in [0.05, 0.1) is 5.56 Å². The smallest absolute Gasteiger partial charge is 0.255 e. The number of amides is 1. The van der Waals surface area contributed by atoms with Crippen molar-refractivity contribution in [1.82, 2.24) is 10.6 Å². The lowest BCUT2D eigenvalue weighted by Crippen LogP contribution is -2.36. The number of rotatable bonds is 2. The van der Waals surface area contributed by atoms with Gasteiger partial charge in [-0.1, -0.05) is 12.1 Å². The SMILES string of the molecule is Cc1cccc(C(=O)NC2CCNC2)c1O. The van der Waals surface area contributed by atoms with Crippen LogP contribution >= 0.6 is 0 Å². The molecule has 1 aliphatic heterocycles. The highest BCUT2D eigenvalue weighted by atomic mass is 16.3. The van der Waals surface area contributed by atoms with Crippen molar-refractivity contribution >= 4 is 5.91 Å². The molecule has 16 heavy (non-hydrogen) atoms. The zero-order valence-corrected chi connectivity index (χ0v) is 9.29. The number of phenols is 1. The van der Waals surface area contributed by atoms with Crippen LogP contribution in [0.4, 0.5) is 0 Å². The monoisotopic (exact) mass is 220 g/mol. The Labute approximate surface area is 94.7 Å². The van der Waals surface area contributed by atoms with Crippen molar-refractivity contribution in [2.45, 2.75) is 19.4 Å². The van der Waals surface area contributed by atoms with Crippen LogP contribution in [0.2, 0.25) is 0 Å². The van der Waals surface area contributed by atoms with E-state index in [9.17, 15) is 9.90 Å². The fourth-order valence-corrected chi connectivity index (χ4v) is 1.88. The molecule has 86 valence electrons. The van der Waals surface area contributed by atoms with E-state index >= 15 is 0 Å². The first-order chi connectivity index (χ1) is 7.68. The first-order valence-electron chi connectivity index (χ1n) is 5.48. The van der Waals surface area contributed by atoms with Crippen LogP contribution in [0.3, 0.4) is 0 Å². The molecule has 1 aromatic rings. The van der Waals surface area contributed by atoms with Gasteiger partial charge >= 0.3 is 0 Å². The Kier molecular flexibility index (Phi) is 3.10. The first kappa shape index (κ1) is 11.0. The maximum atomic E-state index is 11.9. The van der Waals surface area contributed by atoms with Gasteiger partial charge in [-0.05, 0) is 31.5 Å². The Bertz CT molecular complexity index is 398. The van der Waals surface area contributed by atoms with Crippen LogP contribution in [-0.4, -0.2) is 30.1 Å². The zero-order valence-electron chi connectivity index (χ0n) is 9.29. The Morgan fingerprint density at radius 1 is 1.56 bits per heavy atom. The summed E-state index contributed by atoms with van der Waals surface area (Å²) in [7, 11) is 0. The molecule has 0 aromatic heterocycles. The average Bonchev–Trinajstić information content (AvgIpc) is 2.74. The van der Waals surface area contributed by atoms with E-state index in [-0.39, 0.29) is 17.7 Å². The summed E-state index contributed by atoms with van der Waals surface area (Å²) in [5.74, 6) is -0.124. The molecule has 1 unspecified atom stereocenters. The second kappa shape index (κ2) is 4.53. The molecule has 1 fully saturated rings. The lowest BCUT2D eigenvalue weighted by Gasteiger charge is -2.12. The third-order valence-corrected chi connectivity index (χ3v) is 2.88. The summed E-state index contributed by atoms with van der Waals surface area (Å²) in [4.78, 5) is 11.9. The number of nitrogens with one attached hydrogen (secondary N) is 2. The molecule has 0 saturated carbocycles. The Hall–Kier alpha value is -1.55. The second-order valence-corrected chi connectivity index (χ2v) is 4.13. The molecule has 1 heterocycles. The highest BCUT2D eigenvalue weighted by Crippen LogP contribution is 2.21. The van der Waals surface area contributed by atoms with Gasteiger partial charge in [-0.25, -0.2) is 0 Å². The molecule has 0 aliphatic carbocycles. The minimum absolute atomic E-state index is 0.0750. The molecule has 3 N–H and O–H groups in total. The number of benzene rings is 1. The quantitative estimate of drug-likeness (QED) is 0.690. The fourth-order valence-electron chi connectivity index (χ4n) is 1.88. The van der Waals surface area contributed by atoms with Gasteiger partial charge in [0.15, 0.2) is 0 Å². The van der Waals surface area contributed by atoms with E-state index in [2.05, 4.69) is 10.6 Å². The van der Waals surface area contributed by atoms with Crippen LogP contribution in [-0.2, 0) is 0 Å². The van der Waals surface area contributed by atoms with E-state index in [1.54, 1.807) is 25.1 Å². The predicted molar refractivity (Wildman–Crippen MR) is 61.6 cm³/mol. The summed E-state index contributed by atoms with van der Waals surface area (Å²) in [6, 6.07) is 5.37. The number of para-hydroxylation sites is 1. The molecule has 0 bridgehead atoms. The van der Waals surface area contributed by atoms with E-state index in [0.29, 0.717) is 5.56 Å². The maximum Gasteiger partial charge on any atom is 0.255 e. The van der Waals surface area contributed by atoms with Crippen LogP contribution in [0.1, 0.15) is 22.3 Å². The van der Waals surface area contributed by atoms with Gasteiger partial charge in [0.1, 0.15) is 5.75 Å². The number of hydrogen-bond acceptors (Lipinski definition) is 3. The normalized spacial score (nSPS) is 19.7. The summed E-state index contributed by atoms with van der Waals surface area (Å²) in [5, 5.41) is 15.8. The molecule has 4 nitrogen and oxygen atoms in total. The standard InChI is InChI=1S/C12H16N2O2/c1-8-3-2-4-10(11(8)15)12(16)14-9-5-6-13-7-9/h2-4,9,13,15H,5-7H2,1H3,(H,14,16). The van der Waals surface area contributed by atoms with Crippen LogP contribution in [0.15, 0.2) is 18.2 Å². The van der Waals surface area contributed by atoms with Gasteiger partial charge in [0.2, 0.25) is 0 Å². The van der Waals surface area contributed by atoms with Gasteiger partial charge < -0.3 is 15.7 Å². The van der Waals surface area contributed by atoms with E-state index in [0.717, 1.165) is 25.1 Å². The highest BCUT2D eigenvalue weighted by molar-refractivity contribution is 5.97. The highest BCUT2D eigenvalue weighted by Gasteiger charge is 2.19. The average molecular weight is 220 g/mol. The fraction of sp³-hybridized carbons (Fsp3) is 0.417. The van der Waals surface area contributed by atoms with Crippen molar-refractivity contribution in [2.24, 2.45) is 0 Å². The molecule has 1 aliphatic rings. The van der Waals surface area contributed by atoms with Gasteiger partial charge in [0.25, 0.3) is 5.91 Å². The minimum atomic E-state index is -0.199. The molecule has 1 saturated heterocycles. The van der Waals surface area contributed by atoms with Gasteiger partial charge in [-0.15, -0.1) is 0 Å². The predicted octanol–water partition coefficient (Wildman–Crippen LogP) is 0.792. The van der Waals surface area contributed by atoms with E-state index in [1.807, 2.05) is 0 Å². The lowest BCUT2D eigenvalue weighted by molar-refractivity contribution is 0.0937. The summed E-state index contributed by atoms with van der Waals surface area (Å²) in [6.45, 7) is 3.52. The summed E-state index contributed by atoms with van der Waals surface area (Å²) in [6.07, 6.45) is 0.943. The number of carbonyl (C=O) groups is 1. The van der Waals surface area contributed by atoms with Gasteiger partial charge in [-0.3, -0.25) is 4.79 Å². The van der Waals surface area contributed by atoms with E-state index in [4.69, 9.17) is 0 Å². The van der Waals surface area contributed by atoms with E-state index in [1.165, 1.54) is 0 Å². The zero-order chi connectivity index (χ0) is 11.5. The molecule has 4 heteroatoms. The molecular formula is C12H16N2O2.